The number of aryl methyl sites for hydroxylation is 2. The van der Waals surface area contributed by atoms with E-state index < -0.39 is 0 Å². The summed E-state index contributed by atoms with van der Waals surface area (Å²) in [6, 6.07) is 0. The number of nitrogens with zero attached hydrogens (tertiary/aromatic N) is 4. The lowest BCUT2D eigenvalue weighted by atomic mass is 10.2. The fourth-order valence-corrected chi connectivity index (χ4v) is 2.00. The maximum absolute atomic E-state index is 12.0. The molecule has 2 aromatic heterocycles. The zero-order valence-corrected chi connectivity index (χ0v) is 10.6. The number of rotatable bonds is 3. The van der Waals surface area contributed by atoms with Crippen molar-refractivity contribution < 1.29 is 9.32 Å². The van der Waals surface area contributed by atoms with E-state index in [4.69, 9.17) is 4.52 Å². The van der Waals surface area contributed by atoms with Crippen molar-refractivity contribution in [3.63, 3.8) is 0 Å². The molecule has 0 aromatic carbocycles. The third-order valence-corrected chi connectivity index (χ3v) is 3.15. The molecule has 0 saturated heterocycles. The normalized spacial score (nSPS) is 10.5. The van der Waals surface area contributed by atoms with Gasteiger partial charge in [0.1, 0.15) is 10.6 Å². The summed E-state index contributed by atoms with van der Waals surface area (Å²) in [4.78, 5) is 14.1. The van der Waals surface area contributed by atoms with E-state index in [1.165, 1.54) is 6.20 Å². The maximum atomic E-state index is 12.0. The summed E-state index contributed by atoms with van der Waals surface area (Å²) in [7, 11) is 1.73. The van der Waals surface area contributed by atoms with Crippen LogP contribution < -0.4 is 0 Å². The van der Waals surface area contributed by atoms with Crippen LogP contribution in [-0.4, -0.2) is 32.6 Å². The van der Waals surface area contributed by atoms with Crippen molar-refractivity contribution in [3.8, 4) is 0 Å². The van der Waals surface area contributed by atoms with Crippen LogP contribution in [0.5, 0.6) is 0 Å². The molecule has 2 rings (SSSR count). The molecule has 0 aliphatic heterocycles. The van der Waals surface area contributed by atoms with E-state index in [9.17, 15) is 4.79 Å². The van der Waals surface area contributed by atoms with Crippen molar-refractivity contribution in [2.75, 3.05) is 7.05 Å². The molecule has 7 heteroatoms. The van der Waals surface area contributed by atoms with Crippen molar-refractivity contribution in [1.29, 1.82) is 0 Å². The van der Waals surface area contributed by atoms with Gasteiger partial charge in [0.25, 0.3) is 5.91 Å². The Morgan fingerprint density at radius 1 is 1.53 bits per heavy atom. The Morgan fingerprint density at radius 2 is 2.29 bits per heavy atom. The maximum Gasteiger partial charge on any atom is 0.267 e. The minimum atomic E-state index is -0.0972. The highest BCUT2D eigenvalue weighted by atomic mass is 32.1. The van der Waals surface area contributed by atoms with Gasteiger partial charge in [-0.05, 0) is 25.4 Å². The van der Waals surface area contributed by atoms with Crippen molar-refractivity contribution in [3.05, 3.63) is 28.1 Å². The molecule has 0 saturated carbocycles. The van der Waals surface area contributed by atoms with Crippen LogP contribution >= 0.6 is 11.5 Å². The lowest BCUT2D eigenvalue weighted by molar-refractivity contribution is 0.0789. The van der Waals surface area contributed by atoms with Gasteiger partial charge in [-0.15, -0.1) is 5.10 Å². The first-order valence-corrected chi connectivity index (χ1v) is 5.81. The van der Waals surface area contributed by atoms with Gasteiger partial charge >= 0.3 is 0 Å². The summed E-state index contributed by atoms with van der Waals surface area (Å²) in [5.41, 5.74) is 1.75. The van der Waals surface area contributed by atoms with Crippen molar-refractivity contribution in [2.45, 2.75) is 20.4 Å². The second-order valence-electron chi connectivity index (χ2n) is 3.75. The quantitative estimate of drug-likeness (QED) is 0.826. The molecule has 0 aliphatic rings. The van der Waals surface area contributed by atoms with Gasteiger partial charge in [0.2, 0.25) is 0 Å². The summed E-state index contributed by atoms with van der Waals surface area (Å²) in [6.45, 7) is 4.16. The molecule has 0 aliphatic carbocycles. The van der Waals surface area contributed by atoms with Gasteiger partial charge in [0.05, 0.1) is 18.4 Å². The summed E-state index contributed by atoms with van der Waals surface area (Å²) >= 11 is 1.09. The topological polar surface area (TPSA) is 72.1 Å². The summed E-state index contributed by atoms with van der Waals surface area (Å²) in [5.74, 6) is 0.643. The fourth-order valence-electron chi connectivity index (χ4n) is 1.49. The smallest absolute Gasteiger partial charge is 0.267 e. The van der Waals surface area contributed by atoms with Crippen LogP contribution in [0.15, 0.2) is 10.7 Å². The van der Waals surface area contributed by atoms with Crippen LogP contribution in [0.25, 0.3) is 0 Å². The van der Waals surface area contributed by atoms with Crippen LogP contribution in [-0.2, 0) is 6.54 Å². The molecule has 0 radical (unpaired) electrons. The molecular weight excluding hydrogens is 240 g/mol. The van der Waals surface area contributed by atoms with E-state index >= 15 is 0 Å². The van der Waals surface area contributed by atoms with Gasteiger partial charge in [-0.3, -0.25) is 4.79 Å². The zero-order chi connectivity index (χ0) is 12.4. The predicted molar refractivity (Wildman–Crippen MR) is 61.7 cm³/mol. The first-order chi connectivity index (χ1) is 8.09. The van der Waals surface area contributed by atoms with Crippen LogP contribution in [0.4, 0.5) is 0 Å². The van der Waals surface area contributed by atoms with E-state index in [0.717, 1.165) is 28.6 Å². The largest absolute Gasteiger partial charge is 0.361 e. The molecule has 1 amide bonds. The van der Waals surface area contributed by atoms with Crippen LogP contribution in [0.2, 0.25) is 0 Å². The highest BCUT2D eigenvalue weighted by Gasteiger charge is 2.18. The Balaban J connectivity index is 2.12. The molecule has 2 heterocycles. The Morgan fingerprint density at radius 3 is 2.82 bits per heavy atom. The molecule has 0 fully saturated rings. The molecule has 90 valence electrons. The second-order valence-corrected chi connectivity index (χ2v) is 4.53. The van der Waals surface area contributed by atoms with Crippen molar-refractivity contribution in [2.24, 2.45) is 0 Å². The highest BCUT2D eigenvalue weighted by Crippen LogP contribution is 2.16. The lowest BCUT2D eigenvalue weighted by Crippen LogP contribution is -2.25. The molecule has 0 spiro atoms. The highest BCUT2D eigenvalue weighted by molar-refractivity contribution is 7.07. The Hall–Kier alpha value is -1.76. The minimum Gasteiger partial charge on any atom is -0.361 e. The fraction of sp³-hybridized carbons (Fsp3) is 0.400. The van der Waals surface area contributed by atoms with Gasteiger partial charge in [-0.25, -0.2) is 0 Å². The van der Waals surface area contributed by atoms with Gasteiger partial charge in [-0.2, -0.15) is 0 Å². The van der Waals surface area contributed by atoms with Crippen molar-refractivity contribution >= 4 is 17.4 Å². The van der Waals surface area contributed by atoms with Gasteiger partial charge < -0.3 is 9.42 Å². The number of amides is 1. The summed E-state index contributed by atoms with van der Waals surface area (Å²) in [6.07, 6.45) is 1.47. The van der Waals surface area contributed by atoms with E-state index in [1.807, 2.05) is 13.8 Å². The number of hydrogen-bond acceptors (Lipinski definition) is 6. The molecule has 0 unspecified atom stereocenters. The molecule has 17 heavy (non-hydrogen) atoms. The number of carbonyl (C=O) groups is 1. The van der Waals surface area contributed by atoms with Crippen LogP contribution in [0, 0.1) is 13.8 Å². The van der Waals surface area contributed by atoms with Crippen LogP contribution in [0.1, 0.15) is 26.7 Å². The Kier molecular flexibility index (Phi) is 3.19. The monoisotopic (exact) mass is 252 g/mol. The Labute approximate surface area is 102 Å². The van der Waals surface area contributed by atoms with Gasteiger partial charge in [0.15, 0.2) is 0 Å². The standard InChI is InChI=1S/C10H12N4O2S/c1-6-8(7(2)16-12-6)5-14(3)10(15)9-4-11-13-17-9/h4H,5H2,1-3H3. The van der Waals surface area contributed by atoms with E-state index in [1.54, 1.807) is 11.9 Å². The van der Waals surface area contributed by atoms with E-state index in [2.05, 4.69) is 14.7 Å². The minimum absolute atomic E-state index is 0.0972. The molecule has 6 nitrogen and oxygen atoms in total. The third kappa shape index (κ3) is 2.33. The number of aromatic nitrogens is 3. The molecule has 0 N–H and O–H groups in total. The number of hydrogen-bond donors (Lipinski definition) is 0. The van der Waals surface area contributed by atoms with Crippen molar-refractivity contribution in [1.82, 2.24) is 19.6 Å². The first-order valence-electron chi connectivity index (χ1n) is 5.04. The third-order valence-electron chi connectivity index (χ3n) is 2.50. The predicted octanol–water partition coefficient (Wildman–Crippen LogP) is 1.42. The summed E-state index contributed by atoms with van der Waals surface area (Å²) < 4.78 is 8.73. The number of carbonyl (C=O) groups excluding carboxylic acids is 1. The second kappa shape index (κ2) is 4.62. The van der Waals surface area contributed by atoms with Gasteiger partial charge in [0, 0.05) is 12.6 Å². The Bertz CT molecular complexity index is 501. The first kappa shape index (κ1) is 11.7. The van der Waals surface area contributed by atoms with Gasteiger partial charge in [-0.1, -0.05) is 9.64 Å². The molecule has 2 aromatic rings. The zero-order valence-electron chi connectivity index (χ0n) is 9.80. The van der Waals surface area contributed by atoms with E-state index in [-0.39, 0.29) is 5.91 Å². The SMILES string of the molecule is Cc1noc(C)c1CN(C)C(=O)c1cnns1. The van der Waals surface area contributed by atoms with E-state index in [0.29, 0.717) is 11.4 Å². The van der Waals surface area contributed by atoms with Crippen LogP contribution in [0.3, 0.4) is 0 Å². The molecule has 0 atom stereocenters. The average molecular weight is 252 g/mol. The lowest BCUT2D eigenvalue weighted by Gasteiger charge is -2.15. The molecular formula is C10H12N4O2S. The summed E-state index contributed by atoms with van der Waals surface area (Å²) in [5, 5.41) is 7.50. The molecule has 0 bridgehead atoms. The average Bonchev–Trinajstić information content (AvgIpc) is 2.93.